The Bertz CT molecular complexity index is 712. The lowest BCUT2D eigenvalue weighted by atomic mass is 10.1. The highest BCUT2D eigenvalue weighted by atomic mass is 35.5. The first-order valence-electron chi connectivity index (χ1n) is 8.96. The standard InChI is InChI=1S/C20H24ClN3O/c21-18-7-5-6-16(14-18)8-10-22-19-15-17(9-11-23-19)20(25)24-12-3-1-2-4-13-24/h5-7,9,11,14-15H,1-4,8,10,12-13H2,(H,22,23). The van der Waals surface area contributed by atoms with Crippen molar-refractivity contribution < 1.29 is 4.79 Å². The molecule has 2 aromatic rings. The number of hydrogen-bond donors (Lipinski definition) is 1. The third kappa shape index (κ3) is 5.20. The third-order valence-electron chi connectivity index (χ3n) is 4.51. The van der Waals surface area contributed by atoms with E-state index in [1.165, 1.54) is 18.4 Å². The highest BCUT2D eigenvalue weighted by Crippen LogP contribution is 2.15. The van der Waals surface area contributed by atoms with Crippen LogP contribution >= 0.6 is 11.6 Å². The summed E-state index contributed by atoms with van der Waals surface area (Å²) in [5, 5.41) is 4.05. The van der Waals surface area contributed by atoms with E-state index in [1.807, 2.05) is 29.2 Å². The quantitative estimate of drug-likeness (QED) is 0.862. The van der Waals surface area contributed by atoms with Gasteiger partial charge >= 0.3 is 0 Å². The molecule has 132 valence electrons. The fourth-order valence-corrected chi connectivity index (χ4v) is 3.36. The fourth-order valence-electron chi connectivity index (χ4n) is 3.14. The van der Waals surface area contributed by atoms with Crippen LogP contribution in [-0.2, 0) is 6.42 Å². The van der Waals surface area contributed by atoms with E-state index in [0.717, 1.165) is 49.7 Å². The first-order chi connectivity index (χ1) is 12.2. The van der Waals surface area contributed by atoms with Crippen molar-refractivity contribution in [1.29, 1.82) is 0 Å². The van der Waals surface area contributed by atoms with Gasteiger partial charge in [0, 0.05) is 36.4 Å². The summed E-state index contributed by atoms with van der Waals surface area (Å²) < 4.78 is 0. The Kier molecular flexibility index (Phi) is 6.29. The van der Waals surface area contributed by atoms with Crippen molar-refractivity contribution in [2.45, 2.75) is 32.1 Å². The molecule has 1 aromatic heterocycles. The lowest BCUT2D eigenvalue weighted by Gasteiger charge is -2.20. The smallest absolute Gasteiger partial charge is 0.254 e. The molecule has 1 aliphatic rings. The first-order valence-corrected chi connectivity index (χ1v) is 9.34. The predicted octanol–water partition coefficient (Wildman–Crippen LogP) is 4.41. The number of carbonyl (C=O) groups is 1. The molecule has 2 heterocycles. The Labute approximate surface area is 154 Å². The average Bonchev–Trinajstić information content (AvgIpc) is 2.91. The fraction of sp³-hybridized carbons (Fsp3) is 0.400. The minimum atomic E-state index is 0.113. The molecule has 0 unspecified atom stereocenters. The highest BCUT2D eigenvalue weighted by Gasteiger charge is 2.17. The number of amides is 1. The molecule has 1 saturated heterocycles. The van der Waals surface area contributed by atoms with Crippen LogP contribution in [0.4, 0.5) is 5.82 Å². The number of pyridine rings is 1. The van der Waals surface area contributed by atoms with Gasteiger partial charge in [0.1, 0.15) is 5.82 Å². The van der Waals surface area contributed by atoms with E-state index >= 15 is 0 Å². The van der Waals surface area contributed by atoms with Crippen LogP contribution in [0.15, 0.2) is 42.6 Å². The van der Waals surface area contributed by atoms with Crippen molar-refractivity contribution in [3.63, 3.8) is 0 Å². The molecule has 1 fully saturated rings. The first kappa shape index (κ1) is 17.7. The van der Waals surface area contributed by atoms with Gasteiger partial charge in [-0.3, -0.25) is 4.79 Å². The summed E-state index contributed by atoms with van der Waals surface area (Å²) in [5.41, 5.74) is 1.89. The Morgan fingerprint density at radius 3 is 2.68 bits per heavy atom. The second-order valence-electron chi connectivity index (χ2n) is 6.44. The Morgan fingerprint density at radius 1 is 1.12 bits per heavy atom. The molecule has 5 heteroatoms. The van der Waals surface area contributed by atoms with E-state index < -0.39 is 0 Å². The van der Waals surface area contributed by atoms with Gasteiger partial charge in [-0.05, 0) is 49.1 Å². The number of rotatable bonds is 5. The number of likely N-dealkylation sites (tertiary alicyclic amines) is 1. The number of anilines is 1. The minimum absolute atomic E-state index is 0.113. The molecule has 0 atom stereocenters. The van der Waals surface area contributed by atoms with E-state index in [9.17, 15) is 4.79 Å². The summed E-state index contributed by atoms with van der Waals surface area (Å²) in [6.07, 6.45) is 7.19. The average molecular weight is 358 g/mol. The molecular formula is C20H24ClN3O. The van der Waals surface area contributed by atoms with Gasteiger partial charge in [0.25, 0.3) is 5.91 Å². The molecule has 1 amide bonds. The van der Waals surface area contributed by atoms with Crippen molar-refractivity contribution in [3.05, 3.63) is 58.7 Å². The number of hydrogen-bond acceptors (Lipinski definition) is 3. The second kappa shape index (κ2) is 8.86. The van der Waals surface area contributed by atoms with Crippen LogP contribution in [0.1, 0.15) is 41.6 Å². The zero-order valence-electron chi connectivity index (χ0n) is 14.4. The largest absolute Gasteiger partial charge is 0.370 e. The predicted molar refractivity (Wildman–Crippen MR) is 102 cm³/mol. The van der Waals surface area contributed by atoms with Gasteiger partial charge in [-0.25, -0.2) is 4.98 Å². The number of carbonyl (C=O) groups excluding carboxylic acids is 1. The molecule has 1 N–H and O–H groups in total. The van der Waals surface area contributed by atoms with Crippen LogP contribution < -0.4 is 5.32 Å². The maximum absolute atomic E-state index is 12.7. The van der Waals surface area contributed by atoms with Crippen LogP contribution in [0.2, 0.25) is 5.02 Å². The zero-order valence-corrected chi connectivity index (χ0v) is 15.1. The van der Waals surface area contributed by atoms with Crippen molar-refractivity contribution in [3.8, 4) is 0 Å². The maximum atomic E-state index is 12.7. The summed E-state index contributed by atoms with van der Waals surface area (Å²) in [7, 11) is 0. The topological polar surface area (TPSA) is 45.2 Å². The second-order valence-corrected chi connectivity index (χ2v) is 6.88. The number of nitrogens with zero attached hydrogens (tertiary/aromatic N) is 2. The van der Waals surface area contributed by atoms with Crippen molar-refractivity contribution in [1.82, 2.24) is 9.88 Å². The van der Waals surface area contributed by atoms with Crippen LogP contribution in [0.25, 0.3) is 0 Å². The molecule has 0 saturated carbocycles. The van der Waals surface area contributed by atoms with E-state index in [2.05, 4.69) is 16.4 Å². The van der Waals surface area contributed by atoms with Gasteiger partial charge in [-0.2, -0.15) is 0 Å². The SMILES string of the molecule is O=C(c1ccnc(NCCc2cccc(Cl)c2)c1)N1CCCCCC1. The van der Waals surface area contributed by atoms with Gasteiger partial charge in [0.2, 0.25) is 0 Å². The minimum Gasteiger partial charge on any atom is -0.370 e. The lowest BCUT2D eigenvalue weighted by molar-refractivity contribution is 0.0761. The van der Waals surface area contributed by atoms with E-state index in [1.54, 1.807) is 12.3 Å². The molecule has 25 heavy (non-hydrogen) atoms. The highest BCUT2D eigenvalue weighted by molar-refractivity contribution is 6.30. The van der Waals surface area contributed by atoms with Crippen molar-refractivity contribution in [2.75, 3.05) is 25.0 Å². The van der Waals surface area contributed by atoms with Gasteiger partial charge in [-0.1, -0.05) is 36.6 Å². The summed E-state index contributed by atoms with van der Waals surface area (Å²) >= 11 is 6.01. The molecule has 1 aliphatic heterocycles. The normalized spacial score (nSPS) is 14.8. The Hall–Kier alpha value is -2.07. The number of benzene rings is 1. The third-order valence-corrected chi connectivity index (χ3v) is 4.74. The zero-order chi connectivity index (χ0) is 17.5. The monoisotopic (exact) mass is 357 g/mol. The Balaban J connectivity index is 1.58. The van der Waals surface area contributed by atoms with Crippen LogP contribution in [0, 0.1) is 0 Å². The lowest BCUT2D eigenvalue weighted by Crippen LogP contribution is -2.31. The van der Waals surface area contributed by atoms with Gasteiger partial charge < -0.3 is 10.2 Å². The summed E-state index contributed by atoms with van der Waals surface area (Å²) in [5.74, 6) is 0.852. The van der Waals surface area contributed by atoms with Gasteiger partial charge in [0.15, 0.2) is 0 Å². The van der Waals surface area contributed by atoms with Gasteiger partial charge in [-0.15, -0.1) is 0 Å². The van der Waals surface area contributed by atoms with E-state index in [0.29, 0.717) is 5.56 Å². The number of aromatic nitrogens is 1. The molecule has 4 nitrogen and oxygen atoms in total. The van der Waals surface area contributed by atoms with Crippen LogP contribution in [0.5, 0.6) is 0 Å². The number of halogens is 1. The van der Waals surface area contributed by atoms with Crippen LogP contribution in [0.3, 0.4) is 0 Å². The van der Waals surface area contributed by atoms with E-state index in [-0.39, 0.29) is 5.91 Å². The summed E-state index contributed by atoms with van der Waals surface area (Å²) in [6.45, 7) is 2.46. The molecule has 0 spiro atoms. The summed E-state index contributed by atoms with van der Waals surface area (Å²) in [6, 6.07) is 11.5. The van der Waals surface area contributed by atoms with E-state index in [4.69, 9.17) is 11.6 Å². The van der Waals surface area contributed by atoms with Crippen molar-refractivity contribution >= 4 is 23.3 Å². The molecular weight excluding hydrogens is 334 g/mol. The molecule has 1 aromatic carbocycles. The molecule has 0 bridgehead atoms. The maximum Gasteiger partial charge on any atom is 0.254 e. The molecule has 0 aliphatic carbocycles. The Morgan fingerprint density at radius 2 is 1.92 bits per heavy atom. The molecule has 3 rings (SSSR count). The summed E-state index contributed by atoms with van der Waals surface area (Å²) in [4.78, 5) is 19.0. The van der Waals surface area contributed by atoms with Crippen LogP contribution in [-0.4, -0.2) is 35.4 Å². The van der Waals surface area contributed by atoms with Crippen molar-refractivity contribution in [2.24, 2.45) is 0 Å². The number of nitrogens with one attached hydrogen (secondary N) is 1. The molecule has 0 radical (unpaired) electrons. The van der Waals surface area contributed by atoms with Gasteiger partial charge in [0.05, 0.1) is 0 Å².